The predicted molar refractivity (Wildman–Crippen MR) is 73.7 cm³/mol. The number of halogens is 2. The average Bonchev–Trinajstić information content (AvgIpc) is 2.40. The first-order valence-electron chi connectivity index (χ1n) is 5.13. The SMILES string of the molecule is O=CC(Br)(c1ccccc1)c1ccc(Cl)cc1. The Morgan fingerprint density at radius 2 is 1.47 bits per heavy atom. The standard InChI is InChI=1S/C14H10BrClO/c15-14(10-17,11-4-2-1-3-5-11)12-6-8-13(16)9-7-12/h1-10H. The van der Waals surface area contributed by atoms with Gasteiger partial charge in [-0.3, -0.25) is 0 Å². The minimum atomic E-state index is -0.807. The predicted octanol–water partition coefficient (Wildman–Crippen LogP) is 4.18. The minimum absolute atomic E-state index is 0.655. The molecule has 0 heterocycles. The molecule has 0 fully saturated rings. The van der Waals surface area contributed by atoms with Crippen molar-refractivity contribution in [2.24, 2.45) is 0 Å². The van der Waals surface area contributed by atoms with Crippen LogP contribution in [0.15, 0.2) is 54.6 Å². The van der Waals surface area contributed by atoms with Crippen molar-refractivity contribution < 1.29 is 4.79 Å². The molecule has 86 valence electrons. The maximum atomic E-state index is 11.4. The van der Waals surface area contributed by atoms with Crippen molar-refractivity contribution in [3.63, 3.8) is 0 Å². The first-order valence-corrected chi connectivity index (χ1v) is 6.31. The van der Waals surface area contributed by atoms with E-state index in [1.807, 2.05) is 42.5 Å². The van der Waals surface area contributed by atoms with E-state index in [1.165, 1.54) is 0 Å². The van der Waals surface area contributed by atoms with Crippen molar-refractivity contribution in [1.29, 1.82) is 0 Å². The van der Waals surface area contributed by atoms with Crippen LogP contribution in [0.3, 0.4) is 0 Å². The fourth-order valence-electron chi connectivity index (χ4n) is 1.68. The van der Waals surface area contributed by atoms with E-state index in [1.54, 1.807) is 12.1 Å². The highest BCUT2D eigenvalue weighted by Crippen LogP contribution is 2.36. The van der Waals surface area contributed by atoms with Crippen molar-refractivity contribution in [2.45, 2.75) is 4.32 Å². The second-order valence-electron chi connectivity index (χ2n) is 3.70. The third-order valence-electron chi connectivity index (χ3n) is 2.62. The van der Waals surface area contributed by atoms with E-state index in [4.69, 9.17) is 11.6 Å². The first-order chi connectivity index (χ1) is 8.16. The highest BCUT2D eigenvalue weighted by Gasteiger charge is 2.30. The summed E-state index contributed by atoms with van der Waals surface area (Å²) in [5.74, 6) is 0. The summed E-state index contributed by atoms with van der Waals surface area (Å²) in [6.45, 7) is 0. The quantitative estimate of drug-likeness (QED) is 0.614. The van der Waals surface area contributed by atoms with Gasteiger partial charge in [0.05, 0.1) is 0 Å². The van der Waals surface area contributed by atoms with Crippen LogP contribution in [0.5, 0.6) is 0 Å². The van der Waals surface area contributed by atoms with Gasteiger partial charge in [-0.05, 0) is 23.3 Å². The number of carbonyl (C=O) groups excluding carboxylic acids is 1. The molecular formula is C14H10BrClO. The van der Waals surface area contributed by atoms with Gasteiger partial charge in [-0.2, -0.15) is 0 Å². The fourth-order valence-corrected chi connectivity index (χ4v) is 2.33. The van der Waals surface area contributed by atoms with E-state index in [2.05, 4.69) is 15.9 Å². The number of rotatable bonds is 3. The van der Waals surface area contributed by atoms with Crippen LogP contribution in [-0.4, -0.2) is 6.29 Å². The molecule has 3 heteroatoms. The van der Waals surface area contributed by atoms with Crippen molar-refractivity contribution in [1.82, 2.24) is 0 Å². The van der Waals surface area contributed by atoms with Gasteiger partial charge in [0.1, 0.15) is 10.6 Å². The first kappa shape index (κ1) is 12.3. The third kappa shape index (κ3) is 2.43. The Morgan fingerprint density at radius 1 is 0.941 bits per heavy atom. The number of carbonyl (C=O) groups is 1. The highest BCUT2D eigenvalue weighted by molar-refractivity contribution is 9.10. The van der Waals surface area contributed by atoms with Gasteiger partial charge in [-0.25, -0.2) is 0 Å². The fraction of sp³-hybridized carbons (Fsp3) is 0.0714. The van der Waals surface area contributed by atoms with Gasteiger partial charge >= 0.3 is 0 Å². The van der Waals surface area contributed by atoms with Crippen molar-refractivity contribution in [2.75, 3.05) is 0 Å². The van der Waals surface area contributed by atoms with Gasteiger partial charge in [0, 0.05) is 5.02 Å². The van der Waals surface area contributed by atoms with Crippen molar-refractivity contribution in [3.8, 4) is 0 Å². The van der Waals surface area contributed by atoms with Gasteiger partial charge in [0.15, 0.2) is 0 Å². The maximum absolute atomic E-state index is 11.4. The summed E-state index contributed by atoms with van der Waals surface area (Å²) in [5.41, 5.74) is 1.76. The third-order valence-corrected chi connectivity index (χ3v) is 3.98. The van der Waals surface area contributed by atoms with E-state index in [0.29, 0.717) is 5.02 Å². The van der Waals surface area contributed by atoms with Crippen molar-refractivity contribution in [3.05, 3.63) is 70.7 Å². The van der Waals surface area contributed by atoms with Crippen LogP contribution in [0.1, 0.15) is 11.1 Å². The molecule has 0 saturated carbocycles. The summed E-state index contributed by atoms with van der Waals surface area (Å²) >= 11 is 9.36. The van der Waals surface area contributed by atoms with Crippen LogP contribution in [-0.2, 0) is 9.12 Å². The number of aldehydes is 1. The van der Waals surface area contributed by atoms with E-state index in [9.17, 15) is 4.79 Å². The van der Waals surface area contributed by atoms with E-state index in [0.717, 1.165) is 17.4 Å². The number of alkyl halides is 1. The molecule has 0 aliphatic carbocycles. The molecule has 0 bridgehead atoms. The molecule has 1 atom stereocenters. The Hall–Kier alpha value is -1.12. The number of hydrogen-bond donors (Lipinski definition) is 0. The molecular weight excluding hydrogens is 300 g/mol. The minimum Gasteiger partial charge on any atom is -0.301 e. The Bertz CT molecular complexity index is 510. The number of benzene rings is 2. The average molecular weight is 310 g/mol. The Morgan fingerprint density at radius 3 is 2.00 bits per heavy atom. The highest BCUT2D eigenvalue weighted by atomic mass is 79.9. The van der Waals surface area contributed by atoms with Crippen LogP contribution in [0.2, 0.25) is 5.02 Å². The second kappa shape index (κ2) is 5.03. The zero-order chi connectivity index (χ0) is 12.3. The second-order valence-corrected chi connectivity index (χ2v) is 5.39. The molecule has 0 amide bonds. The Balaban J connectivity index is 2.51. The van der Waals surface area contributed by atoms with E-state index in [-0.39, 0.29) is 0 Å². The molecule has 17 heavy (non-hydrogen) atoms. The summed E-state index contributed by atoms with van der Waals surface area (Å²) in [6.07, 6.45) is 0.894. The van der Waals surface area contributed by atoms with Crippen LogP contribution in [0, 0.1) is 0 Å². The van der Waals surface area contributed by atoms with Gasteiger partial charge in [0.25, 0.3) is 0 Å². The lowest BCUT2D eigenvalue weighted by Gasteiger charge is -2.22. The van der Waals surface area contributed by atoms with Gasteiger partial charge in [-0.15, -0.1) is 0 Å². The van der Waals surface area contributed by atoms with Gasteiger partial charge in [-0.1, -0.05) is 70.0 Å². The molecule has 0 N–H and O–H groups in total. The van der Waals surface area contributed by atoms with Gasteiger partial charge < -0.3 is 4.79 Å². The summed E-state index contributed by atoms with van der Waals surface area (Å²) in [4.78, 5) is 11.4. The van der Waals surface area contributed by atoms with Crippen LogP contribution in [0.25, 0.3) is 0 Å². The largest absolute Gasteiger partial charge is 0.301 e. The summed E-state index contributed by atoms with van der Waals surface area (Å²) in [7, 11) is 0. The molecule has 2 aromatic carbocycles. The lowest BCUT2D eigenvalue weighted by molar-refractivity contribution is -0.109. The number of hydrogen-bond acceptors (Lipinski definition) is 1. The molecule has 1 nitrogen and oxygen atoms in total. The van der Waals surface area contributed by atoms with E-state index < -0.39 is 4.32 Å². The molecule has 0 radical (unpaired) electrons. The Labute approximate surface area is 114 Å². The molecule has 0 saturated heterocycles. The molecule has 2 rings (SSSR count). The normalized spacial score (nSPS) is 14.0. The lowest BCUT2D eigenvalue weighted by Crippen LogP contribution is -2.21. The molecule has 1 unspecified atom stereocenters. The molecule has 0 aliphatic heterocycles. The van der Waals surface area contributed by atoms with Gasteiger partial charge in [0.2, 0.25) is 0 Å². The van der Waals surface area contributed by atoms with Crippen LogP contribution < -0.4 is 0 Å². The lowest BCUT2D eigenvalue weighted by atomic mass is 9.92. The molecule has 0 aliphatic rings. The molecule has 0 spiro atoms. The summed E-state index contributed by atoms with van der Waals surface area (Å²) < 4.78 is -0.807. The van der Waals surface area contributed by atoms with Crippen LogP contribution in [0.4, 0.5) is 0 Å². The monoisotopic (exact) mass is 308 g/mol. The summed E-state index contributed by atoms with van der Waals surface area (Å²) in [6, 6.07) is 16.8. The molecule has 0 aromatic heterocycles. The van der Waals surface area contributed by atoms with Crippen LogP contribution >= 0.6 is 27.5 Å². The zero-order valence-corrected chi connectivity index (χ0v) is 11.3. The van der Waals surface area contributed by atoms with E-state index >= 15 is 0 Å². The topological polar surface area (TPSA) is 17.1 Å². The maximum Gasteiger partial charge on any atom is 0.145 e. The summed E-state index contributed by atoms with van der Waals surface area (Å²) in [5, 5.41) is 0.655. The smallest absolute Gasteiger partial charge is 0.145 e. The Kier molecular flexibility index (Phi) is 3.65. The van der Waals surface area contributed by atoms with Crippen molar-refractivity contribution >= 4 is 33.8 Å². The zero-order valence-electron chi connectivity index (χ0n) is 8.94. The molecule has 2 aromatic rings.